The number of ether oxygens (including phenoxy) is 2. The fraction of sp³-hybridized carbons (Fsp3) is 0.182. The highest BCUT2D eigenvalue weighted by Crippen LogP contribution is 2.36. The predicted octanol–water partition coefficient (Wildman–Crippen LogP) is 7.54. The first kappa shape index (κ1) is 32.0. The summed E-state index contributed by atoms with van der Waals surface area (Å²) in [6.45, 7) is 5.84. The summed E-state index contributed by atoms with van der Waals surface area (Å²) < 4.78 is 13.1. The van der Waals surface area contributed by atoms with Gasteiger partial charge in [0.2, 0.25) is 5.75 Å². The van der Waals surface area contributed by atoms with Crippen molar-refractivity contribution in [3.63, 3.8) is 0 Å². The molecule has 0 saturated carbocycles. The van der Waals surface area contributed by atoms with Gasteiger partial charge in [-0.25, -0.2) is 4.98 Å². The molecule has 234 valence electrons. The van der Waals surface area contributed by atoms with E-state index in [1.807, 2.05) is 32.9 Å². The Labute approximate surface area is 271 Å². The number of non-ortho nitro benzene ring substituents is 1. The van der Waals surface area contributed by atoms with Gasteiger partial charge in [0.15, 0.2) is 5.82 Å². The van der Waals surface area contributed by atoms with Crippen molar-refractivity contribution in [3.05, 3.63) is 130 Å². The number of hydrogen-bond donors (Lipinski definition) is 0. The monoisotopic (exact) mass is 685 g/mol. The van der Waals surface area contributed by atoms with Crippen LogP contribution in [0, 0.1) is 27.2 Å². The second-order valence-corrected chi connectivity index (χ2v) is 11.6. The van der Waals surface area contributed by atoms with Gasteiger partial charge >= 0.3 is 5.69 Å². The van der Waals surface area contributed by atoms with Gasteiger partial charge in [-0.05, 0) is 72.0 Å². The fourth-order valence-corrected chi connectivity index (χ4v) is 5.41. The minimum absolute atomic E-state index is 0.0935. The Hall–Kier alpha value is -5.43. The first-order valence-electron chi connectivity index (χ1n) is 14.1. The number of para-hydroxylation sites is 1. The zero-order valence-electron chi connectivity index (χ0n) is 25.3. The molecule has 0 amide bonds. The van der Waals surface area contributed by atoms with E-state index in [-0.39, 0.29) is 41.0 Å². The summed E-state index contributed by atoms with van der Waals surface area (Å²) in [7, 11) is 1.60. The number of halogens is 1. The largest absolute Gasteiger partial charge is 0.496 e. The maximum atomic E-state index is 13.9. The Morgan fingerprint density at radius 2 is 1.74 bits per heavy atom. The van der Waals surface area contributed by atoms with Crippen LogP contribution < -0.4 is 15.0 Å². The molecular weight excluding hydrogens is 658 g/mol. The fourth-order valence-electron chi connectivity index (χ4n) is 4.95. The van der Waals surface area contributed by atoms with E-state index in [9.17, 15) is 25.0 Å². The van der Waals surface area contributed by atoms with Crippen LogP contribution in [0.5, 0.6) is 11.5 Å². The second kappa shape index (κ2) is 13.3. The minimum atomic E-state index is -0.587. The van der Waals surface area contributed by atoms with Crippen molar-refractivity contribution in [2.45, 2.75) is 33.3 Å². The molecule has 1 aromatic heterocycles. The van der Waals surface area contributed by atoms with Crippen LogP contribution in [0.4, 0.5) is 11.4 Å². The number of hydrogen-bond acceptors (Lipinski definition) is 9. The van der Waals surface area contributed by atoms with Gasteiger partial charge in [0.25, 0.3) is 11.2 Å². The number of fused-ring (bicyclic) bond motifs is 1. The van der Waals surface area contributed by atoms with E-state index in [0.717, 1.165) is 11.1 Å². The smallest absolute Gasteiger partial charge is 0.312 e. The van der Waals surface area contributed by atoms with Crippen molar-refractivity contribution in [2.75, 3.05) is 7.11 Å². The van der Waals surface area contributed by atoms with E-state index in [2.05, 4.69) is 21.0 Å². The normalized spacial score (nSPS) is 11.3. The van der Waals surface area contributed by atoms with Gasteiger partial charge in [-0.15, -0.1) is 0 Å². The van der Waals surface area contributed by atoms with Gasteiger partial charge in [-0.2, -0.15) is 9.78 Å². The molecule has 13 heteroatoms. The van der Waals surface area contributed by atoms with Crippen LogP contribution >= 0.6 is 15.9 Å². The first-order chi connectivity index (χ1) is 22.0. The van der Waals surface area contributed by atoms with Gasteiger partial charge in [0, 0.05) is 33.8 Å². The molecule has 46 heavy (non-hydrogen) atoms. The zero-order valence-corrected chi connectivity index (χ0v) is 26.8. The van der Waals surface area contributed by atoms with E-state index in [1.54, 1.807) is 37.4 Å². The minimum Gasteiger partial charge on any atom is -0.496 e. The number of nitro groups is 2. The van der Waals surface area contributed by atoms with Crippen LogP contribution in [-0.4, -0.2) is 32.8 Å². The molecule has 12 nitrogen and oxygen atoms in total. The Balaban J connectivity index is 1.66. The van der Waals surface area contributed by atoms with E-state index < -0.39 is 15.4 Å². The summed E-state index contributed by atoms with van der Waals surface area (Å²) in [5.41, 5.74) is 2.78. The lowest BCUT2D eigenvalue weighted by Crippen LogP contribution is -2.21. The first-order valence-corrected chi connectivity index (χ1v) is 14.9. The van der Waals surface area contributed by atoms with Crippen molar-refractivity contribution >= 4 is 44.4 Å². The second-order valence-electron chi connectivity index (χ2n) is 10.7. The Kier molecular flexibility index (Phi) is 9.23. The number of nitrogens with zero attached hydrogens (tertiary/aromatic N) is 5. The molecule has 0 aliphatic heterocycles. The van der Waals surface area contributed by atoms with Crippen LogP contribution in [0.3, 0.4) is 0 Å². The highest BCUT2D eigenvalue weighted by molar-refractivity contribution is 9.10. The molecule has 5 rings (SSSR count). The molecular formula is C33H28BrN5O7. The third-order valence-electron chi connectivity index (χ3n) is 7.30. The zero-order chi connectivity index (χ0) is 33.1. The van der Waals surface area contributed by atoms with Crippen molar-refractivity contribution in [1.29, 1.82) is 0 Å². The van der Waals surface area contributed by atoms with Crippen molar-refractivity contribution in [1.82, 2.24) is 9.66 Å². The third kappa shape index (κ3) is 6.49. The maximum absolute atomic E-state index is 13.9. The maximum Gasteiger partial charge on any atom is 0.312 e. The summed E-state index contributed by atoms with van der Waals surface area (Å²) in [4.78, 5) is 40.7. The highest BCUT2D eigenvalue weighted by Gasteiger charge is 2.22. The number of aromatic nitrogens is 2. The molecule has 0 N–H and O–H groups in total. The van der Waals surface area contributed by atoms with Crippen molar-refractivity contribution < 1.29 is 19.3 Å². The average Bonchev–Trinajstić information content (AvgIpc) is 3.03. The molecule has 0 radical (unpaired) electrons. The Morgan fingerprint density at radius 3 is 2.39 bits per heavy atom. The molecule has 4 aromatic carbocycles. The number of methoxy groups -OCH3 is 1. The molecule has 0 fully saturated rings. The lowest BCUT2D eigenvalue weighted by Gasteiger charge is -2.17. The highest BCUT2D eigenvalue weighted by atomic mass is 79.9. The Morgan fingerprint density at radius 1 is 1.02 bits per heavy atom. The lowest BCUT2D eigenvalue weighted by atomic mass is 9.96. The third-order valence-corrected chi connectivity index (χ3v) is 7.75. The molecule has 0 spiro atoms. The number of rotatable bonds is 10. The van der Waals surface area contributed by atoms with Gasteiger partial charge < -0.3 is 9.47 Å². The quantitative estimate of drug-likeness (QED) is 0.0830. The molecule has 0 aliphatic carbocycles. The number of benzene rings is 4. The molecule has 0 unspecified atom stereocenters. The van der Waals surface area contributed by atoms with Gasteiger partial charge in [-0.1, -0.05) is 41.9 Å². The van der Waals surface area contributed by atoms with Crippen LogP contribution in [0.2, 0.25) is 0 Å². The van der Waals surface area contributed by atoms with E-state index in [1.165, 1.54) is 41.2 Å². The Bertz CT molecular complexity index is 2070. The van der Waals surface area contributed by atoms with E-state index in [4.69, 9.17) is 14.5 Å². The van der Waals surface area contributed by atoms with Crippen LogP contribution in [0.1, 0.15) is 42.0 Å². The summed E-state index contributed by atoms with van der Waals surface area (Å²) in [6, 6.07) is 19.3. The van der Waals surface area contributed by atoms with Crippen molar-refractivity contribution in [2.24, 2.45) is 5.10 Å². The molecule has 1 heterocycles. The summed E-state index contributed by atoms with van der Waals surface area (Å²) in [6.07, 6.45) is 1.31. The van der Waals surface area contributed by atoms with Gasteiger partial charge in [-0.3, -0.25) is 25.0 Å². The number of aryl methyl sites for hydroxylation is 1. The lowest BCUT2D eigenvalue weighted by molar-refractivity contribution is -0.386. The topological polar surface area (TPSA) is 152 Å². The van der Waals surface area contributed by atoms with E-state index in [0.29, 0.717) is 32.3 Å². The summed E-state index contributed by atoms with van der Waals surface area (Å²) >= 11 is 3.32. The number of nitro benzene ring substituents is 2. The molecule has 0 aliphatic rings. The van der Waals surface area contributed by atoms with Crippen LogP contribution in [0.15, 0.2) is 87.2 Å². The SMILES string of the molecule is COc1cc(C)c(-c2nc3ccccc3c(=O)n2N=Cc2cc(Br)cc([N+](=O)[O-])c2OCc2ccc([N+](=O)[O-])cc2)cc1C(C)C. The predicted molar refractivity (Wildman–Crippen MR) is 178 cm³/mol. The average molecular weight is 687 g/mol. The van der Waals surface area contributed by atoms with Gasteiger partial charge in [0.1, 0.15) is 12.4 Å². The van der Waals surface area contributed by atoms with Crippen molar-refractivity contribution in [3.8, 4) is 22.9 Å². The molecule has 5 aromatic rings. The molecule has 0 saturated heterocycles. The summed E-state index contributed by atoms with van der Waals surface area (Å²) in [5, 5.41) is 28.0. The van der Waals surface area contributed by atoms with Gasteiger partial charge in [0.05, 0.1) is 34.1 Å². The standard InChI is InChI=1S/C33H28BrN5O7/c1-19(2)26-16-27(20(3)13-30(26)45-4)32-36-28-8-6-5-7-25(28)33(40)37(32)35-17-22-14-23(34)15-29(39(43)44)31(22)46-18-21-9-11-24(12-10-21)38(41)42/h5-17,19H,18H2,1-4H3. The summed E-state index contributed by atoms with van der Waals surface area (Å²) in [5.74, 6) is 1.00. The molecule has 0 bridgehead atoms. The van der Waals surface area contributed by atoms with E-state index >= 15 is 0 Å². The molecule has 0 atom stereocenters. The van der Waals surface area contributed by atoms with Crippen LogP contribution in [0.25, 0.3) is 22.3 Å². The van der Waals surface area contributed by atoms with Crippen LogP contribution in [-0.2, 0) is 6.61 Å².